The second kappa shape index (κ2) is 7.81. The molecule has 0 unspecified atom stereocenters. The van der Waals surface area contributed by atoms with Crippen molar-refractivity contribution in [2.45, 2.75) is 6.61 Å². The van der Waals surface area contributed by atoms with E-state index in [1.807, 2.05) is 60.7 Å². The Morgan fingerprint density at radius 2 is 1.45 bits per heavy atom. The van der Waals surface area contributed by atoms with Gasteiger partial charge < -0.3 is 5.11 Å². The van der Waals surface area contributed by atoms with Gasteiger partial charge in [-0.2, -0.15) is 0 Å². The van der Waals surface area contributed by atoms with Gasteiger partial charge in [0.25, 0.3) is 0 Å². The van der Waals surface area contributed by atoms with E-state index < -0.39 is 0 Å². The lowest BCUT2D eigenvalue weighted by atomic mass is 10.1. The highest BCUT2D eigenvalue weighted by molar-refractivity contribution is 5.58. The standard InChI is InChI=1S/C12H11NO.C5H5N/c14-9-10-4-6-11(7-5-10)12-3-1-2-8-13-12;1-2-4-6-5-3-1/h1-8,14H,9H2;1-5H. The quantitative estimate of drug-likeness (QED) is 0.772. The summed E-state index contributed by atoms with van der Waals surface area (Å²) in [5, 5.41) is 8.88. The number of pyridine rings is 2. The summed E-state index contributed by atoms with van der Waals surface area (Å²) in [6.45, 7) is 0.0858. The normalized spacial score (nSPS) is 9.45. The number of aliphatic hydroxyl groups excluding tert-OH is 1. The van der Waals surface area contributed by atoms with E-state index in [-0.39, 0.29) is 6.61 Å². The number of nitrogens with zero attached hydrogens (tertiary/aromatic N) is 2. The van der Waals surface area contributed by atoms with Gasteiger partial charge in [-0.15, -0.1) is 0 Å². The Morgan fingerprint density at radius 3 is 1.90 bits per heavy atom. The molecule has 2 aromatic heterocycles. The van der Waals surface area contributed by atoms with Gasteiger partial charge in [0.1, 0.15) is 0 Å². The van der Waals surface area contributed by atoms with Crippen molar-refractivity contribution in [3.8, 4) is 11.3 Å². The highest BCUT2D eigenvalue weighted by atomic mass is 16.3. The summed E-state index contributed by atoms with van der Waals surface area (Å²) >= 11 is 0. The average molecular weight is 264 g/mol. The predicted molar refractivity (Wildman–Crippen MR) is 79.8 cm³/mol. The lowest BCUT2D eigenvalue weighted by Gasteiger charge is -2.00. The van der Waals surface area contributed by atoms with Crippen molar-refractivity contribution < 1.29 is 5.11 Å². The molecule has 0 radical (unpaired) electrons. The van der Waals surface area contributed by atoms with Gasteiger partial charge in [-0.05, 0) is 29.8 Å². The van der Waals surface area contributed by atoms with Crippen molar-refractivity contribution in [3.05, 3.63) is 84.8 Å². The van der Waals surface area contributed by atoms with Gasteiger partial charge in [0.2, 0.25) is 0 Å². The van der Waals surface area contributed by atoms with Crippen LogP contribution in [0, 0.1) is 0 Å². The van der Waals surface area contributed by atoms with Crippen LogP contribution in [0.5, 0.6) is 0 Å². The zero-order valence-electron chi connectivity index (χ0n) is 11.1. The van der Waals surface area contributed by atoms with E-state index in [0.29, 0.717) is 0 Å². The first-order valence-corrected chi connectivity index (χ1v) is 6.36. The Hall–Kier alpha value is -2.52. The largest absolute Gasteiger partial charge is 0.392 e. The summed E-state index contributed by atoms with van der Waals surface area (Å²) in [4.78, 5) is 8.03. The average Bonchev–Trinajstić information content (AvgIpc) is 2.58. The molecule has 0 saturated heterocycles. The molecule has 3 heteroatoms. The van der Waals surface area contributed by atoms with Crippen molar-refractivity contribution in [1.29, 1.82) is 0 Å². The fraction of sp³-hybridized carbons (Fsp3) is 0.0588. The number of rotatable bonds is 2. The molecule has 3 aromatic rings. The molecule has 100 valence electrons. The summed E-state index contributed by atoms with van der Waals surface area (Å²) in [6.07, 6.45) is 5.27. The summed E-state index contributed by atoms with van der Waals surface area (Å²) in [6, 6.07) is 19.3. The molecule has 0 aliphatic heterocycles. The zero-order chi connectivity index (χ0) is 14.0. The molecule has 1 N–H and O–H groups in total. The molecule has 0 fully saturated rings. The van der Waals surface area contributed by atoms with E-state index in [1.54, 1.807) is 18.6 Å². The first kappa shape index (κ1) is 13.9. The second-order valence-electron chi connectivity index (χ2n) is 4.09. The van der Waals surface area contributed by atoms with Crippen LogP contribution in [0.15, 0.2) is 79.3 Å². The molecular formula is C17H16N2O. The van der Waals surface area contributed by atoms with Gasteiger partial charge in [-0.1, -0.05) is 36.4 Å². The van der Waals surface area contributed by atoms with E-state index in [4.69, 9.17) is 5.11 Å². The number of benzene rings is 1. The summed E-state index contributed by atoms with van der Waals surface area (Å²) in [7, 11) is 0. The van der Waals surface area contributed by atoms with Gasteiger partial charge in [0.15, 0.2) is 0 Å². The van der Waals surface area contributed by atoms with Gasteiger partial charge in [0, 0.05) is 24.2 Å². The maximum atomic E-state index is 8.88. The third kappa shape index (κ3) is 4.30. The van der Waals surface area contributed by atoms with Crippen LogP contribution in [0.25, 0.3) is 11.3 Å². The van der Waals surface area contributed by atoms with Crippen LogP contribution >= 0.6 is 0 Å². The van der Waals surface area contributed by atoms with Crippen molar-refractivity contribution in [1.82, 2.24) is 9.97 Å². The summed E-state index contributed by atoms with van der Waals surface area (Å²) in [5.41, 5.74) is 2.95. The van der Waals surface area contributed by atoms with Crippen molar-refractivity contribution >= 4 is 0 Å². The van der Waals surface area contributed by atoms with Gasteiger partial charge in [-0.25, -0.2) is 0 Å². The Bertz CT molecular complexity index is 568. The van der Waals surface area contributed by atoms with Crippen LogP contribution in [0.2, 0.25) is 0 Å². The molecule has 0 bridgehead atoms. The number of hydrogen-bond donors (Lipinski definition) is 1. The van der Waals surface area contributed by atoms with E-state index in [0.717, 1.165) is 16.8 Å². The van der Waals surface area contributed by atoms with Gasteiger partial charge in [0.05, 0.1) is 12.3 Å². The fourth-order valence-electron chi connectivity index (χ4n) is 1.63. The van der Waals surface area contributed by atoms with Crippen LogP contribution in [0.4, 0.5) is 0 Å². The molecule has 3 rings (SSSR count). The van der Waals surface area contributed by atoms with E-state index in [2.05, 4.69) is 9.97 Å². The highest BCUT2D eigenvalue weighted by Gasteiger charge is 1.97. The third-order valence-corrected chi connectivity index (χ3v) is 2.66. The maximum Gasteiger partial charge on any atom is 0.0701 e. The second-order valence-corrected chi connectivity index (χ2v) is 4.09. The minimum Gasteiger partial charge on any atom is -0.392 e. The smallest absolute Gasteiger partial charge is 0.0701 e. The Morgan fingerprint density at radius 1 is 0.750 bits per heavy atom. The van der Waals surface area contributed by atoms with E-state index in [1.165, 1.54) is 0 Å². The molecule has 20 heavy (non-hydrogen) atoms. The molecule has 3 nitrogen and oxygen atoms in total. The van der Waals surface area contributed by atoms with Crippen LogP contribution in [0.3, 0.4) is 0 Å². The van der Waals surface area contributed by atoms with Crippen LogP contribution < -0.4 is 0 Å². The van der Waals surface area contributed by atoms with Crippen LogP contribution in [-0.4, -0.2) is 15.1 Å². The minimum atomic E-state index is 0.0858. The molecule has 1 aromatic carbocycles. The van der Waals surface area contributed by atoms with Gasteiger partial charge in [-0.3, -0.25) is 9.97 Å². The summed E-state index contributed by atoms with van der Waals surface area (Å²) in [5.74, 6) is 0. The van der Waals surface area contributed by atoms with E-state index in [9.17, 15) is 0 Å². The molecule has 0 atom stereocenters. The maximum absolute atomic E-state index is 8.88. The highest BCUT2D eigenvalue weighted by Crippen LogP contribution is 2.16. The third-order valence-electron chi connectivity index (χ3n) is 2.66. The first-order chi connectivity index (χ1) is 9.90. The lowest BCUT2D eigenvalue weighted by molar-refractivity contribution is 0.282. The molecule has 0 amide bonds. The molecule has 2 heterocycles. The number of aliphatic hydroxyl groups is 1. The number of aromatic nitrogens is 2. The molecule has 0 spiro atoms. The lowest BCUT2D eigenvalue weighted by Crippen LogP contribution is -1.84. The molecule has 0 aliphatic rings. The minimum absolute atomic E-state index is 0.0858. The van der Waals surface area contributed by atoms with Gasteiger partial charge >= 0.3 is 0 Å². The molecule has 0 aliphatic carbocycles. The topological polar surface area (TPSA) is 46.0 Å². The van der Waals surface area contributed by atoms with E-state index >= 15 is 0 Å². The Labute approximate surface area is 118 Å². The van der Waals surface area contributed by atoms with Crippen molar-refractivity contribution in [3.63, 3.8) is 0 Å². The molecular weight excluding hydrogens is 248 g/mol. The van der Waals surface area contributed by atoms with Crippen molar-refractivity contribution in [2.24, 2.45) is 0 Å². The SMILES string of the molecule is OCc1ccc(-c2ccccn2)cc1.c1ccncc1. The van der Waals surface area contributed by atoms with Crippen LogP contribution in [0.1, 0.15) is 5.56 Å². The summed E-state index contributed by atoms with van der Waals surface area (Å²) < 4.78 is 0. The Kier molecular flexibility index (Phi) is 5.43. The van der Waals surface area contributed by atoms with Crippen molar-refractivity contribution in [2.75, 3.05) is 0 Å². The predicted octanol–water partition coefficient (Wildman–Crippen LogP) is 3.32. The number of hydrogen-bond acceptors (Lipinski definition) is 3. The molecule has 0 saturated carbocycles. The van der Waals surface area contributed by atoms with Crippen LogP contribution in [-0.2, 0) is 6.61 Å². The monoisotopic (exact) mass is 264 g/mol. The first-order valence-electron chi connectivity index (χ1n) is 6.36. The fourth-order valence-corrected chi connectivity index (χ4v) is 1.63. The zero-order valence-corrected chi connectivity index (χ0v) is 11.1. The Balaban J connectivity index is 0.000000205.